The van der Waals surface area contributed by atoms with E-state index >= 15 is 0 Å². The van der Waals surface area contributed by atoms with E-state index < -0.39 is 0 Å². The molecule has 2 atom stereocenters. The minimum Gasteiger partial charge on any atom is -0.378 e. The van der Waals surface area contributed by atoms with Gasteiger partial charge in [0.05, 0.1) is 19.2 Å². The molecule has 100 valence electrons. The Morgan fingerprint density at radius 1 is 1.61 bits per heavy atom. The van der Waals surface area contributed by atoms with Gasteiger partial charge in [-0.05, 0) is 50.8 Å². The van der Waals surface area contributed by atoms with Crippen LogP contribution in [0.4, 0.5) is 0 Å². The lowest BCUT2D eigenvalue weighted by Crippen LogP contribution is -2.32. The van der Waals surface area contributed by atoms with Gasteiger partial charge in [0.2, 0.25) is 0 Å². The first-order valence-electron chi connectivity index (χ1n) is 5.96. The van der Waals surface area contributed by atoms with Crippen molar-refractivity contribution in [2.75, 3.05) is 13.2 Å². The van der Waals surface area contributed by atoms with Crippen LogP contribution in [0.15, 0.2) is 13.6 Å². The minimum atomic E-state index is -0.0226. The lowest BCUT2D eigenvalue weighted by Gasteiger charge is -2.17. The Bertz CT molecular complexity index is 436. The Balaban J connectivity index is 1.90. The number of hydrogen-bond acceptors (Lipinski definition) is 3. The van der Waals surface area contributed by atoms with Crippen molar-refractivity contribution < 1.29 is 9.53 Å². The van der Waals surface area contributed by atoms with Crippen molar-refractivity contribution in [3.63, 3.8) is 0 Å². The predicted molar refractivity (Wildman–Crippen MR) is 80.2 cm³/mol. The lowest BCUT2D eigenvalue weighted by atomic mass is 9.99. The van der Waals surface area contributed by atoms with Crippen molar-refractivity contribution in [3.05, 3.63) is 19.2 Å². The summed E-state index contributed by atoms with van der Waals surface area (Å²) < 4.78 is 7.43. The summed E-state index contributed by atoms with van der Waals surface area (Å²) in [6.45, 7) is 3.63. The SMILES string of the molecule is CCC1OCCC1CNC(=O)c1cc(Br)sc1Br. The number of hydrogen-bond donors (Lipinski definition) is 1. The lowest BCUT2D eigenvalue weighted by molar-refractivity contribution is 0.0827. The van der Waals surface area contributed by atoms with Crippen LogP contribution in [-0.4, -0.2) is 25.2 Å². The van der Waals surface area contributed by atoms with E-state index in [2.05, 4.69) is 44.1 Å². The Morgan fingerprint density at radius 2 is 2.39 bits per heavy atom. The van der Waals surface area contributed by atoms with Crippen molar-refractivity contribution in [2.45, 2.75) is 25.9 Å². The Kier molecular flexibility index (Phi) is 5.24. The molecule has 1 aromatic rings. The summed E-state index contributed by atoms with van der Waals surface area (Å²) in [6, 6.07) is 1.84. The molecule has 0 saturated carbocycles. The van der Waals surface area contributed by atoms with Crippen LogP contribution >= 0.6 is 43.2 Å². The fraction of sp³-hybridized carbons (Fsp3) is 0.583. The highest BCUT2D eigenvalue weighted by atomic mass is 79.9. The maximum atomic E-state index is 12.0. The third-order valence-corrected chi connectivity index (χ3v) is 5.51. The van der Waals surface area contributed by atoms with Crippen molar-refractivity contribution in [2.24, 2.45) is 5.92 Å². The van der Waals surface area contributed by atoms with Crippen LogP contribution in [0.25, 0.3) is 0 Å². The molecular weight excluding hydrogens is 382 g/mol. The molecule has 0 bridgehead atoms. The molecule has 0 aliphatic carbocycles. The summed E-state index contributed by atoms with van der Waals surface area (Å²) in [7, 11) is 0. The van der Waals surface area contributed by atoms with E-state index in [1.807, 2.05) is 6.07 Å². The van der Waals surface area contributed by atoms with Gasteiger partial charge in [-0.25, -0.2) is 0 Å². The van der Waals surface area contributed by atoms with Gasteiger partial charge in [0.1, 0.15) is 0 Å². The van der Waals surface area contributed by atoms with Gasteiger partial charge in [-0.15, -0.1) is 11.3 Å². The highest BCUT2D eigenvalue weighted by molar-refractivity contribution is 9.12. The van der Waals surface area contributed by atoms with Crippen molar-refractivity contribution in [1.82, 2.24) is 5.32 Å². The van der Waals surface area contributed by atoms with E-state index in [4.69, 9.17) is 4.74 Å². The van der Waals surface area contributed by atoms with E-state index in [9.17, 15) is 4.79 Å². The number of thiophene rings is 1. The smallest absolute Gasteiger partial charge is 0.253 e. The molecule has 0 spiro atoms. The molecule has 1 aliphatic rings. The van der Waals surface area contributed by atoms with E-state index in [1.165, 1.54) is 11.3 Å². The topological polar surface area (TPSA) is 38.3 Å². The summed E-state index contributed by atoms with van der Waals surface area (Å²) in [5.74, 6) is 0.422. The zero-order chi connectivity index (χ0) is 13.1. The molecule has 6 heteroatoms. The monoisotopic (exact) mass is 395 g/mol. The van der Waals surface area contributed by atoms with Crippen LogP contribution in [0.1, 0.15) is 30.1 Å². The van der Waals surface area contributed by atoms with Gasteiger partial charge in [0.25, 0.3) is 5.91 Å². The van der Waals surface area contributed by atoms with E-state index in [1.54, 1.807) is 0 Å². The average molecular weight is 397 g/mol. The zero-order valence-electron chi connectivity index (χ0n) is 10.0. The second kappa shape index (κ2) is 6.50. The van der Waals surface area contributed by atoms with Crippen molar-refractivity contribution in [3.8, 4) is 0 Å². The summed E-state index contributed by atoms with van der Waals surface area (Å²) in [5, 5.41) is 3.00. The maximum Gasteiger partial charge on any atom is 0.253 e. The number of carbonyl (C=O) groups excluding carboxylic acids is 1. The second-order valence-electron chi connectivity index (χ2n) is 4.31. The maximum absolute atomic E-state index is 12.0. The molecule has 18 heavy (non-hydrogen) atoms. The summed E-state index contributed by atoms with van der Waals surface area (Å²) in [5.41, 5.74) is 0.693. The van der Waals surface area contributed by atoms with Crippen LogP contribution in [0.2, 0.25) is 0 Å². The molecule has 1 fully saturated rings. The molecule has 1 saturated heterocycles. The molecule has 2 rings (SSSR count). The summed E-state index contributed by atoms with van der Waals surface area (Å²) in [6.07, 6.45) is 2.34. The van der Waals surface area contributed by atoms with Gasteiger partial charge < -0.3 is 10.1 Å². The van der Waals surface area contributed by atoms with Crippen LogP contribution in [0.5, 0.6) is 0 Å². The first-order chi connectivity index (χ1) is 8.61. The first kappa shape index (κ1) is 14.5. The number of nitrogens with one attached hydrogen (secondary N) is 1. The van der Waals surface area contributed by atoms with Gasteiger partial charge in [-0.2, -0.15) is 0 Å². The highest BCUT2D eigenvalue weighted by Crippen LogP contribution is 2.31. The fourth-order valence-corrected chi connectivity index (χ4v) is 4.98. The molecule has 0 radical (unpaired) electrons. The highest BCUT2D eigenvalue weighted by Gasteiger charge is 2.27. The van der Waals surface area contributed by atoms with Crippen molar-refractivity contribution in [1.29, 1.82) is 0 Å². The number of rotatable bonds is 4. The van der Waals surface area contributed by atoms with Crippen LogP contribution in [0.3, 0.4) is 0 Å². The van der Waals surface area contributed by atoms with E-state index in [-0.39, 0.29) is 5.91 Å². The average Bonchev–Trinajstić information content (AvgIpc) is 2.92. The second-order valence-corrected chi connectivity index (χ2v) is 8.06. The quantitative estimate of drug-likeness (QED) is 0.839. The summed E-state index contributed by atoms with van der Waals surface area (Å²) >= 11 is 8.29. The number of ether oxygens (including phenoxy) is 1. The molecule has 2 unspecified atom stereocenters. The molecular formula is C12H15Br2NO2S. The third-order valence-electron chi connectivity index (χ3n) is 3.17. The van der Waals surface area contributed by atoms with E-state index in [0.717, 1.165) is 27.0 Å². The Labute approximate surface area is 128 Å². The minimum absolute atomic E-state index is 0.0226. The zero-order valence-corrected chi connectivity index (χ0v) is 14.0. The largest absolute Gasteiger partial charge is 0.378 e. The van der Waals surface area contributed by atoms with Crippen LogP contribution in [0, 0.1) is 5.92 Å². The standard InChI is InChI=1S/C12H15Br2NO2S/c1-2-9-7(3-4-17-9)6-15-12(16)8-5-10(13)18-11(8)14/h5,7,9H,2-4,6H2,1H3,(H,15,16). The molecule has 1 amide bonds. The predicted octanol–water partition coefficient (Wildman–Crippen LogP) is 3.82. The van der Waals surface area contributed by atoms with Gasteiger partial charge in [-0.1, -0.05) is 6.92 Å². The molecule has 1 N–H and O–H groups in total. The van der Waals surface area contributed by atoms with Gasteiger partial charge in [0, 0.05) is 19.1 Å². The van der Waals surface area contributed by atoms with Crippen LogP contribution < -0.4 is 5.32 Å². The Hall–Kier alpha value is 0.0900. The van der Waals surface area contributed by atoms with Gasteiger partial charge in [-0.3, -0.25) is 4.79 Å². The van der Waals surface area contributed by atoms with Crippen LogP contribution in [-0.2, 0) is 4.74 Å². The number of amides is 1. The van der Waals surface area contributed by atoms with Gasteiger partial charge >= 0.3 is 0 Å². The first-order valence-corrected chi connectivity index (χ1v) is 8.36. The molecule has 3 nitrogen and oxygen atoms in total. The molecule has 1 aromatic heterocycles. The van der Waals surface area contributed by atoms with Gasteiger partial charge in [0.15, 0.2) is 0 Å². The third kappa shape index (κ3) is 3.35. The van der Waals surface area contributed by atoms with E-state index in [0.29, 0.717) is 24.1 Å². The summed E-state index contributed by atoms with van der Waals surface area (Å²) in [4.78, 5) is 12.0. The normalized spacial score (nSPS) is 23.3. The fourth-order valence-electron chi connectivity index (χ4n) is 2.19. The molecule has 0 aromatic carbocycles. The molecule has 1 aliphatic heterocycles. The molecule has 2 heterocycles. The number of halogens is 2. The number of carbonyl (C=O) groups is 1. The Morgan fingerprint density at radius 3 is 3.00 bits per heavy atom. The van der Waals surface area contributed by atoms with Crippen molar-refractivity contribution >= 4 is 49.1 Å².